The van der Waals surface area contributed by atoms with Gasteiger partial charge in [-0.2, -0.15) is 0 Å². The van der Waals surface area contributed by atoms with E-state index in [9.17, 15) is 9.90 Å². The number of aromatic amines is 1. The molecule has 2 N–H and O–H groups in total. The van der Waals surface area contributed by atoms with Gasteiger partial charge in [0.05, 0.1) is 6.10 Å². The molecule has 0 atom stereocenters. The minimum atomic E-state index is -0.162. The zero-order valence-corrected chi connectivity index (χ0v) is 11.0. The molecule has 1 aliphatic rings. The third kappa shape index (κ3) is 2.36. The van der Waals surface area contributed by atoms with Gasteiger partial charge in [-0.05, 0) is 43.0 Å². The molecule has 100 valence electrons. The number of benzene rings is 1. The first kappa shape index (κ1) is 12.2. The minimum absolute atomic E-state index is 0.0458. The van der Waals surface area contributed by atoms with Crippen LogP contribution in [0.1, 0.15) is 23.2 Å². The molecule has 1 saturated carbocycles. The quantitative estimate of drug-likeness (QED) is 0.884. The van der Waals surface area contributed by atoms with E-state index in [0.717, 1.165) is 35.9 Å². The van der Waals surface area contributed by atoms with Crippen LogP contribution in [0.3, 0.4) is 0 Å². The van der Waals surface area contributed by atoms with Crippen LogP contribution in [-0.4, -0.2) is 40.6 Å². The first-order chi connectivity index (χ1) is 9.13. The summed E-state index contributed by atoms with van der Waals surface area (Å²) in [5.74, 6) is 0.490. The average Bonchev–Trinajstić information content (AvgIpc) is 2.83. The third-order valence-corrected chi connectivity index (χ3v) is 3.89. The van der Waals surface area contributed by atoms with Crippen LogP contribution in [0, 0.1) is 5.92 Å². The molecule has 1 aliphatic carbocycles. The Balaban J connectivity index is 1.71. The molecule has 1 amide bonds. The van der Waals surface area contributed by atoms with Crippen molar-refractivity contribution in [2.24, 2.45) is 5.92 Å². The maximum atomic E-state index is 12.3. The van der Waals surface area contributed by atoms with Gasteiger partial charge in [0.2, 0.25) is 0 Å². The van der Waals surface area contributed by atoms with Crippen LogP contribution in [0.4, 0.5) is 0 Å². The number of carbonyl (C=O) groups excluding carboxylic acids is 1. The van der Waals surface area contributed by atoms with Gasteiger partial charge >= 0.3 is 0 Å². The van der Waals surface area contributed by atoms with E-state index < -0.39 is 0 Å². The minimum Gasteiger partial charge on any atom is -0.393 e. The van der Waals surface area contributed by atoms with Crippen molar-refractivity contribution in [1.29, 1.82) is 0 Å². The maximum absolute atomic E-state index is 12.3. The van der Waals surface area contributed by atoms with Crippen molar-refractivity contribution in [3.8, 4) is 0 Å². The fourth-order valence-electron chi connectivity index (χ4n) is 2.73. The molecule has 4 nitrogen and oxygen atoms in total. The fraction of sp³-hybridized carbons (Fsp3) is 0.400. The molecule has 0 bridgehead atoms. The van der Waals surface area contributed by atoms with E-state index in [2.05, 4.69) is 4.98 Å². The number of nitrogens with one attached hydrogen (secondary N) is 1. The summed E-state index contributed by atoms with van der Waals surface area (Å²) in [4.78, 5) is 17.2. The second-order valence-electron chi connectivity index (χ2n) is 5.46. The third-order valence-electron chi connectivity index (χ3n) is 3.89. The molecule has 0 saturated heterocycles. The zero-order chi connectivity index (χ0) is 13.4. The Labute approximate surface area is 112 Å². The lowest BCUT2D eigenvalue weighted by Gasteiger charge is -2.34. The topological polar surface area (TPSA) is 56.3 Å². The normalized spacial score (nSPS) is 22.2. The summed E-state index contributed by atoms with van der Waals surface area (Å²) < 4.78 is 0. The Bertz CT molecular complexity index is 599. The van der Waals surface area contributed by atoms with Gasteiger partial charge in [-0.25, -0.2) is 0 Å². The number of carbonyl (C=O) groups is 1. The van der Waals surface area contributed by atoms with E-state index in [1.165, 1.54) is 0 Å². The number of hydrogen-bond acceptors (Lipinski definition) is 2. The van der Waals surface area contributed by atoms with Gasteiger partial charge in [-0.15, -0.1) is 0 Å². The van der Waals surface area contributed by atoms with Crippen molar-refractivity contribution in [3.05, 3.63) is 36.0 Å². The summed E-state index contributed by atoms with van der Waals surface area (Å²) in [6, 6.07) is 7.67. The number of aromatic nitrogens is 1. The van der Waals surface area contributed by atoms with Gasteiger partial charge in [-0.3, -0.25) is 4.79 Å². The van der Waals surface area contributed by atoms with Crippen molar-refractivity contribution in [1.82, 2.24) is 9.88 Å². The van der Waals surface area contributed by atoms with Gasteiger partial charge in [0.1, 0.15) is 0 Å². The van der Waals surface area contributed by atoms with Gasteiger partial charge in [-0.1, -0.05) is 0 Å². The Morgan fingerprint density at radius 3 is 2.95 bits per heavy atom. The molecule has 1 aromatic carbocycles. The molecule has 2 aromatic rings. The molecule has 4 heteroatoms. The lowest BCUT2D eigenvalue weighted by Crippen LogP contribution is -2.39. The first-order valence-electron chi connectivity index (χ1n) is 6.64. The highest BCUT2D eigenvalue weighted by molar-refractivity contribution is 5.97. The molecule has 0 radical (unpaired) electrons. The number of amides is 1. The largest absolute Gasteiger partial charge is 0.393 e. The Morgan fingerprint density at radius 1 is 1.42 bits per heavy atom. The van der Waals surface area contributed by atoms with Crippen LogP contribution in [0.2, 0.25) is 0 Å². The molecule has 0 spiro atoms. The monoisotopic (exact) mass is 258 g/mol. The zero-order valence-electron chi connectivity index (χ0n) is 11.0. The molecular weight excluding hydrogens is 240 g/mol. The summed E-state index contributed by atoms with van der Waals surface area (Å²) >= 11 is 0. The SMILES string of the molecule is CN(CC1CC(O)C1)C(=O)c1ccc2[nH]ccc2c1. The highest BCUT2D eigenvalue weighted by atomic mass is 16.3. The number of fused-ring (bicyclic) bond motifs is 1. The lowest BCUT2D eigenvalue weighted by atomic mass is 9.82. The second kappa shape index (κ2) is 4.70. The molecule has 0 unspecified atom stereocenters. The van der Waals surface area contributed by atoms with Crippen LogP contribution in [0.15, 0.2) is 30.5 Å². The summed E-state index contributed by atoms with van der Waals surface area (Å²) in [6.07, 6.45) is 3.34. The number of rotatable bonds is 3. The van der Waals surface area contributed by atoms with Crippen LogP contribution >= 0.6 is 0 Å². The van der Waals surface area contributed by atoms with Crippen molar-refractivity contribution in [2.75, 3.05) is 13.6 Å². The van der Waals surface area contributed by atoms with E-state index in [1.54, 1.807) is 4.90 Å². The van der Waals surface area contributed by atoms with E-state index in [1.807, 2.05) is 37.5 Å². The van der Waals surface area contributed by atoms with E-state index in [-0.39, 0.29) is 12.0 Å². The van der Waals surface area contributed by atoms with Crippen LogP contribution in [-0.2, 0) is 0 Å². The number of H-pyrrole nitrogens is 1. The van der Waals surface area contributed by atoms with Crippen LogP contribution in [0.25, 0.3) is 10.9 Å². The molecule has 3 rings (SSSR count). The summed E-state index contributed by atoms with van der Waals surface area (Å²) in [5.41, 5.74) is 1.76. The molecule has 19 heavy (non-hydrogen) atoms. The Hall–Kier alpha value is -1.81. The van der Waals surface area contributed by atoms with E-state index in [4.69, 9.17) is 0 Å². The molecular formula is C15H18N2O2. The average molecular weight is 258 g/mol. The maximum Gasteiger partial charge on any atom is 0.253 e. The van der Waals surface area contributed by atoms with Crippen molar-refractivity contribution in [3.63, 3.8) is 0 Å². The highest BCUT2D eigenvalue weighted by Gasteiger charge is 2.29. The molecule has 1 fully saturated rings. The van der Waals surface area contributed by atoms with Gasteiger partial charge in [0, 0.05) is 36.3 Å². The van der Waals surface area contributed by atoms with Gasteiger partial charge in [0.15, 0.2) is 0 Å². The van der Waals surface area contributed by atoms with E-state index in [0.29, 0.717) is 5.92 Å². The molecule has 0 aliphatic heterocycles. The summed E-state index contributed by atoms with van der Waals surface area (Å²) in [5, 5.41) is 10.3. The second-order valence-corrected chi connectivity index (χ2v) is 5.46. The van der Waals surface area contributed by atoms with Crippen molar-refractivity contribution >= 4 is 16.8 Å². The van der Waals surface area contributed by atoms with E-state index >= 15 is 0 Å². The van der Waals surface area contributed by atoms with Gasteiger partial charge in [0.25, 0.3) is 5.91 Å². The summed E-state index contributed by atoms with van der Waals surface area (Å²) in [7, 11) is 1.83. The fourth-order valence-corrected chi connectivity index (χ4v) is 2.73. The highest BCUT2D eigenvalue weighted by Crippen LogP contribution is 2.28. The smallest absolute Gasteiger partial charge is 0.253 e. The van der Waals surface area contributed by atoms with Gasteiger partial charge < -0.3 is 15.0 Å². The number of nitrogens with zero attached hydrogens (tertiary/aromatic N) is 1. The molecule has 1 aromatic heterocycles. The summed E-state index contributed by atoms with van der Waals surface area (Å²) in [6.45, 7) is 0.723. The lowest BCUT2D eigenvalue weighted by molar-refractivity contribution is 0.0265. The Morgan fingerprint density at radius 2 is 2.21 bits per heavy atom. The Kier molecular flexibility index (Phi) is 3.03. The number of hydrogen-bond donors (Lipinski definition) is 2. The number of aliphatic hydroxyl groups excluding tert-OH is 1. The number of aliphatic hydroxyl groups is 1. The van der Waals surface area contributed by atoms with Crippen molar-refractivity contribution in [2.45, 2.75) is 18.9 Å². The van der Waals surface area contributed by atoms with Crippen LogP contribution < -0.4 is 0 Å². The predicted octanol–water partition coefficient (Wildman–Crippen LogP) is 2.01. The first-order valence-corrected chi connectivity index (χ1v) is 6.64. The van der Waals surface area contributed by atoms with Crippen LogP contribution in [0.5, 0.6) is 0 Å². The standard InChI is InChI=1S/C15H18N2O2/c1-17(9-10-6-13(18)7-10)15(19)12-2-3-14-11(8-12)4-5-16-14/h2-5,8,10,13,16,18H,6-7,9H2,1H3. The predicted molar refractivity (Wildman–Crippen MR) is 74.0 cm³/mol. The van der Waals surface area contributed by atoms with Crippen molar-refractivity contribution < 1.29 is 9.90 Å². The molecule has 1 heterocycles.